The normalized spacial score (nSPS) is 16.2. The number of halogens is 4. The number of phenolic OH excluding ortho intramolecular Hbond substituents is 1. The van der Waals surface area contributed by atoms with Crippen LogP contribution in [0.4, 0.5) is 5.69 Å². The lowest BCUT2D eigenvalue weighted by molar-refractivity contribution is -0.113. The van der Waals surface area contributed by atoms with Crippen molar-refractivity contribution >= 4 is 92.4 Å². The third-order valence-corrected chi connectivity index (χ3v) is 5.70. The Morgan fingerprint density at radius 3 is 2.28 bits per heavy atom. The Kier molecular flexibility index (Phi) is 5.54. The van der Waals surface area contributed by atoms with E-state index in [0.29, 0.717) is 30.5 Å². The summed E-state index contributed by atoms with van der Waals surface area (Å²) in [6.45, 7) is 0. The third-order valence-electron chi connectivity index (χ3n) is 3.28. The molecule has 1 amide bonds. The minimum atomic E-state index is -0.320. The molecule has 0 aromatic heterocycles. The number of amides is 1. The summed E-state index contributed by atoms with van der Waals surface area (Å²) in [4.78, 5) is 14.5. The lowest BCUT2D eigenvalue weighted by Gasteiger charge is -2.16. The van der Waals surface area contributed by atoms with Crippen LogP contribution in [0.15, 0.2) is 35.2 Å². The maximum atomic E-state index is 12.7. The second-order valence-electron chi connectivity index (χ2n) is 4.95. The largest absolute Gasteiger partial charge is 0.505 e. The molecule has 9 heteroatoms. The van der Waals surface area contributed by atoms with Crippen molar-refractivity contribution in [3.63, 3.8) is 0 Å². The highest BCUT2D eigenvalue weighted by atomic mass is 35.5. The second-order valence-corrected chi connectivity index (χ2v) is 8.28. The van der Waals surface area contributed by atoms with Crippen molar-refractivity contribution in [1.82, 2.24) is 0 Å². The summed E-state index contributed by atoms with van der Waals surface area (Å²) in [6, 6.07) is 7.81. The molecule has 25 heavy (non-hydrogen) atoms. The molecular formula is C16H7Cl4NO2S2. The molecule has 3 rings (SSSR count). The highest BCUT2D eigenvalue weighted by Gasteiger charge is 2.34. The van der Waals surface area contributed by atoms with Gasteiger partial charge in [0.05, 0.1) is 25.7 Å². The van der Waals surface area contributed by atoms with Gasteiger partial charge in [0.25, 0.3) is 5.91 Å². The van der Waals surface area contributed by atoms with Crippen LogP contribution >= 0.6 is 70.4 Å². The van der Waals surface area contributed by atoms with E-state index in [1.54, 1.807) is 24.3 Å². The van der Waals surface area contributed by atoms with Crippen LogP contribution < -0.4 is 4.90 Å². The number of thioether (sulfide) groups is 1. The molecular weight excluding hydrogens is 444 g/mol. The predicted molar refractivity (Wildman–Crippen MR) is 110 cm³/mol. The Balaban J connectivity index is 1.99. The van der Waals surface area contributed by atoms with Crippen LogP contribution in [0.5, 0.6) is 5.75 Å². The van der Waals surface area contributed by atoms with E-state index < -0.39 is 0 Å². The van der Waals surface area contributed by atoms with Crippen molar-refractivity contribution in [2.75, 3.05) is 4.90 Å². The molecule has 128 valence electrons. The van der Waals surface area contributed by atoms with E-state index >= 15 is 0 Å². The Hall–Kier alpha value is -0.950. The van der Waals surface area contributed by atoms with Crippen molar-refractivity contribution < 1.29 is 9.90 Å². The number of hydrogen-bond acceptors (Lipinski definition) is 4. The number of aromatic hydroxyl groups is 1. The van der Waals surface area contributed by atoms with Gasteiger partial charge < -0.3 is 5.11 Å². The zero-order chi connectivity index (χ0) is 18.3. The maximum absolute atomic E-state index is 12.7. The van der Waals surface area contributed by atoms with Gasteiger partial charge in [-0.05, 0) is 42.0 Å². The highest BCUT2D eigenvalue weighted by molar-refractivity contribution is 8.27. The summed E-state index contributed by atoms with van der Waals surface area (Å²) in [5.74, 6) is -0.527. The molecule has 2 aromatic rings. The fraction of sp³-hybridized carbons (Fsp3) is 0. The van der Waals surface area contributed by atoms with Gasteiger partial charge in [-0.2, -0.15) is 0 Å². The standard InChI is InChI=1S/C16H7Cl4NO2S2/c17-8-1-2-12(9(18)6-8)21-15(23)13(25-16(21)24)5-7-3-10(19)14(22)11(20)4-7/h1-6,22H/b13-5-. The number of phenols is 1. The van der Waals surface area contributed by atoms with Crippen molar-refractivity contribution in [3.8, 4) is 5.75 Å². The second kappa shape index (κ2) is 7.35. The van der Waals surface area contributed by atoms with E-state index in [4.69, 9.17) is 58.6 Å². The number of benzene rings is 2. The first-order chi connectivity index (χ1) is 11.8. The average Bonchev–Trinajstić information content (AvgIpc) is 2.80. The summed E-state index contributed by atoms with van der Waals surface area (Å²) in [5.41, 5.74) is 1.02. The van der Waals surface area contributed by atoms with Crippen molar-refractivity contribution in [2.45, 2.75) is 0 Å². The first-order valence-electron chi connectivity index (χ1n) is 6.69. The quantitative estimate of drug-likeness (QED) is 0.423. The van der Waals surface area contributed by atoms with Gasteiger partial charge in [-0.15, -0.1) is 0 Å². The smallest absolute Gasteiger partial charge is 0.270 e. The van der Waals surface area contributed by atoms with Crippen molar-refractivity contribution in [1.29, 1.82) is 0 Å². The van der Waals surface area contributed by atoms with Crippen molar-refractivity contribution in [2.24, 2.45) is 0 Å². The van der Waals surface area contributed by atoms with Gasteiger partial charge in [0.1, 0.15) is 0 Å². The lowest BCUT2D eigenvalue weighted by Crippen LogP contribution is -2.27. The molecule has 1 heterocycles. The molecule has 3 nitrogen and oxygen atoms in total. The molecule has 1 aliphatic rings. The summed E-state index contributed by atoms with van der Waals surface area (Å²) in [6.07, 6.45) is 1.60. The molecule has 0 bridgehead atoms. The van der Waals surface area contributed by atoms with E-state index in [1.807, 2.05) is 0 Å². The summed E-state index contributed by atoms with van der Waals surface area (Å²) in [7, 11) is 0. The molecule has 1 fully saturated rings. The minimum absolute atomic E-state index is 0.0926. The first-order valence-corrected chi connectivity index (χ1v) is 9.42. The van der Waals surface area contributed by atoms with Crippen molar-refractivity contribution in [3.05, 3.63) is 60.9 Å². The molecule has 0 atom stereocenters. The van der Waals surface area contributed by atoms with E-state index in [9.17, 15) is 9.90 Å². The molecule has 0 aliphatic carbocycles. The summed E-state index contributed by atoms with van der Waals surface area (Å²) in [5, 5.41) is 10.6. The van der Waals surface area contributed by atoms with Gasteiger partial charge in [-0.3, -0.25) is 9.69 Å². The highest BCUT2D eigenvalue weighted by Crippen LogP contribution is 2.40. The summed E-state index contributed by atoms with van der Waals surface area (Å²) >= 11 is 30.3. The fourth-order valence-corrected chi connectivity index (χ4v) is 4.44. The van der Waals surface area contributed by atoms with Crippen LogP contribution in [-0.2, 0) is 4.79 Å². The SMILES string of the molecule is O=C1/C(=C/c2cc(Cl)c(O)c(Cl)c2)SC(=S)N1c1ccc(Cl)cc1Cl. The number of thiocarbonyl (C=S) groups is 1. The topological polar surface area (TPSA) is 40.5 Å². The van der Waals surface area contributed by atoms with Crippen LogP contribution in [0.1, 0.15) is 5.56 Å². The number of anilines is 1. The number of carbonyl (C=O) groups excluding carboxylic acids is 1. The molecule has 1 saturated heterocycles. The molecule has 0 saturated carbocycles. The summed E-state index contributed by atoms with van der Waals surface area (Å²) < 4.78 is 0.344. The number of rotatable bonds is 2. The molecule has 0 unspecified atom stereocenters. The van der Waals surface area contributed by atoms with Crippen LogP contribution in [0, 0.1) is 0 Å². The number of hydrogen-bond donors (Lipinski definition) is 1. The van der Waals surface area contributed by atoms with Crippen LogP contribution in [0.3, 0.4) is 0 Å². The zero-order valence-electron chi connectivity index (χ0n) is 12.1. The Labute approximate surface area is 173 Å². The van der Waals surface area contributed by atoms with Gasteiger partial charge in [0.2, 0.25) is 0 Å². The molecule has 1 aliphatic heterocycles. The molecule has 2 aromatic carbocycles. The van der Waals surface area contributed by atoms with Crippen LogP contribution in [-0.4, -0.2) is 15.3 Å². The number of nitrogens with zero attached hydrogens (tertiary/aromatic N) is 1. The number of carbonyl (C=O) groups is 1. The Morgan fingerprint density at radius 2 is 1.68 bits per heavy atom. The molecule has 0 spiro atoms. The van der Waals surface area contributed by atoms with Gasteiger partial charge in [-0.25, -0.2) is 0 Å². The fourth-order valence-electron chi connectivity index (χ4n) is 2.16. The Bertz CT molecular complexity index is 923. The monoisotopic (exact) mass is 449 g/mol. The van der Waals surface area contributed by atoms with Crippen LogP contribution in [0.2, 0.25) is 20.1 Å². The van der Waals surface area contributed by atoms with Gasteiger partial charge in [-0.1, -0.05) is 70.4 Å². The van der Waals surface area contributed by atoms with Crippen LogP contribution in [0.25, 0.3) is 6.08 Å². The van der Waals surface area contributed by atoms with E-state index in [2.05, 4.69) is 0 Å². The predicted octanol–water partition coefficient (Wildman–Crippen LogP) is 6.41. The van der Waals surface area contributed by atoms with E-state index in [-0.39, 0.29) is 21.7 Å². The van der Waals surface area contributed by atoms with E-state index in [0.717, 1.165) is 11.8 Å². The molecule has 1 N–H and O–H groups in total. The van der Waals surface area contributed by atoms with Gasteiger partial charge >= 0.3 is 0 Å². The molecule has 0 radical (unpaired) electrons. The third kappa shape index (κ3) is 3.77. The van der Waals surface area contributed by atoms with E-state index in [1.165, 1.54) is 17.0 Å². The first kappa shape index (κ1) is 18.8. The lowest BCUT2D eigenvalue weighted by atomic mass is 10.2. The van der Waals surface area contributed by atoms with Gasteiger partial charge in [0, 0.05) is 5.02 Å². The maximum Gasteiger partial charge on any atom is 0.270 e. The minimum Gasteiger partial charge on any atom is -0.505 e. The van der Waals surface area contributed by atoms with Gasteiger partial charge in [0.15, 0.2) is 10.1 Å². The average molecular weight is 451 g/mol. The zero-order valence-corrected chi connectivity index (χ0v) is 16.8. The Morgan fingerprint density at radius 1 is 1.04 bits per heavy atom.